The van der Waals surface area contributed by atoms with Gasteiger partial charge in [0.15, 0.2) is 0 Å². The summed E-state index contributed by atoms with van der Waals surface area (Å²) < 4.78 is 8.05. The molecule has 1 saturated heterocycles. The van der Waals surface area contributed by atoms with Gasteiger partial charge in [0, 0.05) is 17.8 Å². The van der Waals surface area contributed by atoms with Crippen molar-refractivity contribution in [2.75, 3.05) is 6.61 Å². The van der Waals surface area contributed by atoms with Crippen LogP contribution in [0.3, 0.4) is 0 Å². The standard InChI is InChI=1S/C14H16N2O/c1-13-5-6-14(9-13,10-17-13)11-8-16-7-3-2-4-12(16)15-11/h2-4,7-8H,5-6,9-10H2,1H3/t13-,14-/m1/s1. The normalized spacial score (nSPS) is 35.8. The van der Waals surface area contributed by atoms with Crippen molar-refractivity contribution in [3.05, 3.63) is 36.3 Å². The molecule has 2 fully saturated rings. The fourth-order valence-electron chi connectivity index (χ4n) is 3.44. The predicted octanol–water partition coefficient (Wildman–Crippen LogP) is 2.54. The Hall–Kier alpha value is -1.35. The summed E-state index contributed by atoms with van der Waals surface area (Å²) in [7, 11) is 0. The highest BCUT2D eigenvalue weighted by molar-refractivity contribution is 5.42. The lowest BCUT2D eigenvalue weighted by Crippen LogP contribution is -2.26. The molecule has 2 aromatic heterocycles. The second kappa shape index (κ2) is 2.91. The Kier molecular flexibility index (Phi) is 1.65. The molecule has 2 atom stereocenters. The summed E-state index contributed by atoms with van der Waals surface area (Å²) >= 11 is 0. The molecule has 0 unspecified atom stereocenters. The van der Waals surface area contributed by atoms with E-state index in [-0.39, 0.29) is 11.0 Å². The summed E-state index contributed by atoms with van der Waals surface area (Å²) in [6.07, 6.45) is 7.75. The first kappa shape index (κ1) is 9.66. The van der Waals surface area contributed by atoms with Gasteiger partial charge in [0.2, 0.25) is 0 Å². The molecular weight excluding hydrogens is 212 g/mol. The summed E-state index contributed by atoms with van der Waals surface area (Å²) in [5, 5.41) is 0. The van der Waals surface area contributed by atoms with Gasteiger partial charge in [0.05, 0.1) is 17.9 Å². The third kappa shape index (κ3) is 1.23. The summed E-state index contributed by atoms with van der Waals surface area (Å²) in [4.78, 5) is 4.78. The molecule has 88 valence electrons. The zero-order valence-electron chi connectivity index (χ0n) is 10.0. The van der Waals surface area contributed by atoms with Crippen molar-refractivity contribution in [3.8, 4) is 0 Å². The maximum Gasteiger partial charge on any atom is 0.136 e. The molecule has 2 aliphatic rings. The fourth-order valence-corrected chi connectivity index (χ4v) is 3.44. The van der Waals surface area contributed by atoms with Crippen LogP contribution in [-0.2, 0) is 10.2 Å². The number of hydrogen-bond acceptors (Lipinski definition) is 2. The van der Waals surface area contributed by atoms with Crippen LogP contribution in [0.5, 0.6) is 0 Å². The number of rotatable bonds is 1. The summed E-state index contributed by atoms with van der Waals surface area (Å²) in [6, 6.07) is 6.14. The number of imidazole rings is 1. The largest absolute Gasteiger partial charge is 0.374 e. The van der Waals surface area contributed by atoms with Gasteiger partial charge in [-0.15, -0.1) is 0 Å². The second-order valence-corrected chi connectivity index (χ2v) is 5.79. The summed E-state index contributed by atoms with van der Waals surface area (Å²) in [6.45, 7) is 3.07. The lowest BCUT2D eigenvalue weighted by Gasteiger charge is -2.24. The van der Waals surface area contributed by atoms with Crippen LogP contribution in [0.4, 0.5) is 0 Å². The van der Waals surface area contributed by atoms with E-state index in [9.17, 15) is 0 Å². The SMILES string of the molecule is C[C@]12CC[C@](c3cn4ccccc4n3)(CO1)C2. The van der Waals surface area contributed by atoms with E-state index in [1.165, 1.54) is 18.5 Å². The van der Waals surface area contributed by atoms with Crippen LogP contribution in [-0.4, -0.2) is 21.6 Å². The minimum absolute atomic E-state index is 0.107. The van der Waals surface area contributed by atoms with E-state index >= 15 is 0 Å². The molecule has 0 radical (unpaired) electrons. The highest BCUT2D eigenvalue weighted by atomic mass is 16.5. The lowest BCUT2D eigenvalue weighted by molar-refractivity contribution is -0.00626. The Morgan fingerprint density at radius 1 is 1.35 bits per heavy atom. The third-order valence-electron chi connectivity index (χ3n) is 4.45. The molecule has 3 heterocycles. The molecule has 0 N–H and O–H groups in total. The van der Waals surface area contributed by atoms with Crippen LogP contribution in [0, 0.1) is 0 Å². The lowest BCUT2D eigenvalue weighted by atomic mass is 9.84. The number of aromatic nitrogens is 2. The molecule has 0 spiro atoms. The first-order valence-corrected chi connectivity index (χ1v) is 6.28. The quantitative estimate of drug-likeness (QED) is 0.750. The summed E-state index contributed by atoms with van der Waals surface area (Å²) in [5.74, 6) is 0. The molecule has 4 rings (SSSR count). The maximum absolute atomic E-state index is 5.94. The smallest absolute Gasteiger partial charge is 0.136 e. The summed E-state index contributed by atoms with van der Waals surface area (Å²) in [5.41, 5.74) is 2.54. The molecule has 1 aliphatic heterocycles. The zero-order chi connectivity index (χ0) is 11.5. The Labute approximate surface area is 100 Å². The van der Waals surface area contributed by atoms with E-state index in [1.54, 1.807) is 0 Å². The van der Waals surface area contributed by atoms with Crippen molar-refractivity contribution < 1.29 is 4.74 Å². The molecular formula is C14H16N2O. The van der Waals surface area contributed by atoms with Crippen LogP contribution in [0.1, 0.15) is 31.9 Å². The van der Waals surface area contributed by atoms with Gasteiger partial charge in [-0.1, -0.05) is 6.07 Å². The van der Waals surface area contributed by atoms with E-state index in [0.717, 1.165) is 18.7 Å². The zero-order valence-corrected chi connectivity index (χ0v) is 10.0. The van der Waals surface area contributed by atoms with Crippen molar-refractivity contribution in [2.45, 2.75) is 37.2 Å². The van der Waals surface area contributed by atoms with Crippen molar-refractivity contribution >= 4 is 5.65 Å². The van der Waals surface area contributed by atoms with E-state index in [4.69, 9.17) is 9.72 Å². The second-order valence-electron chi connectivity index (χ2n) is 5.79. The van der Waals surface area contributed by atoms with Gasteiger partial charge >= 0.3 is 0 Å². The highest BCUT2D eigenvalue weighted by Crippen LogP contribution is 2.53. The first-order chi connectivity index (χ1) is 8.19. The molecule has 17 heavy (non-hydrogen) atoms. The van der Waals surface area contributed by atoms with E-state index < -0.39 is 0 Å². The van der Waals surface area contributed by atoms with Gasteiger partial charge < -0.3 is 9.14 Å². The molecule has 0 aromatic carbocycles. The van der Waals surface area contributed by atoms with Gasteiger partial charge in [-0.2, -0.15) is 0 Å². The predicted molar refractivity (Wildman–Crippen MR) is 65.1 cm³/mol. The number of fused-ring (bicyclic) bond motifs is 3. The van der Waals surface area contributed by atoms with Crippen LogP contribution in [0.15, 0.2) is 30.6 Å². The Morgan fingerprint density at radius 2 is 2.29 bits per heavy atom. The van der Waals surface area contributed by atoms with Crippen molar-refractivity contribution in [1.82, 2.24) is 9.38 Å². The van der Waals surface area contributed by atoms with Gasteiger partial charge in [0.1, 0.15) is 5.65 Å². The minimum Gasteiger partial charge on any atom is -0.374 e. The van der Waals surface area contributed by atoms with Crippen LogP contribution >= 0.6 is 0 Å². The average molecular weight is 228 g/mol. The average Bonchev–Trinajstić information content (AvgIpc) is 2.97. The van der Waals surface area contributed by atoms with Crippen molar-refractivity contribution in [2.24, 2.45) is 0 Å². The number of hydrogen-bond donors (Lipinski definition) is 0. The van der Waals surface area contributed by atoms with Gasteiger partial charge in [-0.05, 0) is 38.3 Å². The first-order valence-electron chi connectivity index (χ1n) is 6.28. The molecule has 2 bridgehead atoms. The van der Waals surface area contributed by atoms with Crippen LogP contribution < -0.4 is 0 Å². The van der Waals surface area contributed by atoms with Gasteiger partial charge in [0.25, 0.3) is 0 Å². The van der Waals surface area contributed by atoms with E-state index in [1.807, 2.05) is 12.1 Å². The monoisotopic (exact) mass is 228 g/mol. The van der Waals surface area contributed by atoms with Crippen molar-refractivity contribution in [1.29, 1.82) is 0 Å². The van der Waals surface area contributed by atoms with Crippen LogP contribution in [0.25, 0.3) is 5.65 Å². The molecule has 2 aromatic rings. The molecule has 1 saturated carbocycles. The highest BCUT2D eigenvalue weighted by Gasteiger charge is 2.55. The van der Waals surface area contributed by atoms with Gasteiger partial charge in [-0.25, -0.2) is 4.98 Å². The Balaban J connectivity index is 1.85. The Morgan fingerprint density at radius 3 is 2.94 bits per heavy atom. The maximum atomic E-state index is 5.94. The fraction of sp³-hybridized carbons (Fsp3) is 0.500. The number of ether oxygens (including phenoxy) is 1. The number of pyridine rings is 1. The molecule has 1 aliphatic carbocycles. The van der Waals surface area contributed by atoms with E-state index in [2.05, 4.69) is 29.8 Å². The van der Waals surface area contributed by atoms with E-state index in [0.29, 0.717) is 0 Å². The Bertz CT molecular complexity index is 546. The van der Waals surface area contributed by atoms with Crippen LogP contribution in [0.2, 0.25) is 0 Å². The van der Waals surface area contributed by atoms with Crippen molar-refractivity contribution in [3.63, 3.8) is 0 Å². The minimum atomic E-state index is 0.107. The topological polar surface area (TPSA) is 26.5 Å². The molecule has 3 nitrogen and oxygen atoms in total. The molecule has 3 heteroatoms. The third-order valence-corrected chi connectivity index (χ3v) is 4.45. The van der Waals surface area contributed by atoms with Gasteiger partial charge in [-0.3, -0.25) is 0 Å². The number of nitrogens with zero attached hydrogens (tertiary/aromatic N) is 2. The molecule has 0 amide bonds.